The molecule has 0 aliphatic rings. The first-order valence-electron chi connectivity index (χ1n) is 4.29. The van der Waals surface area contributed by atoms with Gasteiger partial charge in [0.05, 0.1) is 12.2 Å². The number of nitrogens with one attached hydrogen (secondary N) is 1. The predicted molar refractivity (Wildman–Crippen MR) is 54.9 cm³/mol. The number of anilines is 1. The number of phenols is 1. The van der Waals surface area contributed by atoms with Crippen LogP contribution in [0.4, 0.5) is 5.69 Å². The van der Waals surface area contributed by atoms with Gasteiger partial charge in [0.1, 0.15) is 5.75 Å². The molecule has 0 fully saturated rings. The standard InChI is InChI=1S/C10H13N2O2/c1-2-7-4-3-5-8(13)10(7)12-9(14)6-11/h3-5,13H,1-2,6,11H2,(H,12,14). The van der Waals surface area contributed by atoms with Crippen LogP contribution < -0.4 is 11.1 Å². The van der Waals surface area contributed by atoms with Crippen molar-refractivity contribution in [3.63, 3.8) is 0 Å². The van der Waals surface area contributed by atoms with Gasteiger partial charge in [-0.25, -0.2) is 0 Å². The minimum absolute atomic E-state index is 0.0351. The fraction of sp³-hybridized carbons (Fsp3) is 0.200. The minimum atomic E-state index is -0.332. The Hall–Kier alpha value is -1.55. The van der Waals surface area contributed by atoms with Gasteiger partial charge in [-0.3, -0.25) is 4.79 Å². The number of carbonyl (C=O) groups is 1. The molecule has 0 saturated carbocycles. The fourth-order valence-corrected chi connectivity index (χ4v) is 1.13. The number of para-hydroxylation sites is 1. The van der Waals surface area contributed by atoms with E-state index in [-0.39, 0.29) is 18.2 Å². The molecular weight excluding hydrogens is 180 g/mol. The van der Waals surface area contributed by atoms with Crippen molar-refractivity contribution in [3.05, 3.63) is 30.7 Å². The van der Waals surface area contributed by atoms with Crippen molar-refractivity contribution >= 4 is 11.6 Å². The molecule has 0 saturated heterocycles. The molecule has 0 atom stereocenters. The van der Waals surface area contributed by atoms with Crippen molar-refractivity contribution in [3.8, 4) is 5.75 Å². The summed E-state index contributed by atoms with van der Waals surface area (Å²) in [4.78, 5) is 11.0. The number of benzene rings is 1. The summed E-state index contributed by atoms with van der Waals surface area (Å²) < 4.78 is 0. The van der Waals surface area contributed by atoms with Gasteiger partial charge in [-0.15, -0.1) is 0 Å². The molecule has 4 heteroatoms. The van der Waals surface area contributed by atoms with Crippen molar-refractivity contribution < 1.29 is 9.90 Å². The molecular formula is C10H13N2O2. The van der Waals surface area contributed by atoms with Crippen molar-refractivity contribution in [2.75, 3.05) is 11.9 Å². The monoisotopic (exact) mass is 193 g/mol. The average molecular weight is 193 g/mol. The van der Waals surface area contributed by atoms with E-state index in [2.05, 4.69) is 12.2 Å². The number of aromatic hydroxyl groups is 1. The van der Waals surface area contributed by atoms with E-state index in [0.717, 1.165) is 5.56 Å². The van der Waals surface area contributed by atoms with Crippen LogP contribution in [0.5, 0.6) is 5.75 Å². The van der Waals surface area contributed by atoms with Gasteiger partial charge in [-0.05, 0) is 25.0 Å². The van der Waals surface area contributed by atoms with E-state index in [1.54, 1.807) is 12.1 Å². The Bertz CT molecular complexity index is 337. The van der Waals surface area contributed by atoms with Crippen molar-refractivity contribution in [2.45, 2.75) is 6.42 Å². The summed E-state index contributed by atoms with van der Waals surface area (Å²) in [5.74, 6) is -0.297. The zero-order valence-electron chi connectivity index (χ0n) is 7.79. The molecule has 0 bridgehead atoms. The lowest BCUT2D eigenvalue weighted by atomic mass is 10.1. The van der Waals surface area contributed by atoms with Crippen LogP contribution in [0.25, 0.3) is 0 Å². The van der Waals surface area contributed by atoms with Gasteiger partial charge in [0.2, 0.25) is 5.91 Å². The van der Waals surface area contributed by atoms with Gasteiger partial charge < -0.3 is 16.2 Å². The number of hydrogen-bond acceptors (Lipinski definition) is 3. The topological polar surface area (TPSA) is 75.3 Å². The third kappa shape index (κ3) is 2.23. The predicted octanol–water partition coefficient (Wildman–Crippen LogP) is 0.666. The SMILES string of the molecule is [CH2]Cc1cccc(O)c1NC(=O)CN. The highest BCUT2D eigenvalue weighted by molar-refractivity contribution is 5.94. The molecule has 0 unspecified atom stereocenters. The van der Waals surface area contributed by atoms with Crippen molar-refractivity contribution in [2.24, 2.45) is 5.73 Å². The molecule has 1 aromatic rings. The summed E-state index contributed by atoms with van der Waals surface area (Å²) in [5, 5.41) is 12.0. The molecule has 0 heterocycles. The average Bonchev–Trinajstić information content (AvgIpc) is 2.20. The van der Waals surface area contributed by atoms with Crippen LogP contribution in [-0.4, -0.2) is 17.6 Å². The van der Waals surface area contributed by atoms with Gasteiger partial charge in [0, 0.05) is 0 Å². The lowest BCUT2D eigenvalue weighted by molar-refractivity contribution is -0.114. The van der Waals surface area contributed by atoms with Crippen LogP contribution >= 0.6 is 0 Å². The molecule has 0 aliphatic heterocycles. The van der Waals surface area contributed by atoms with E-state index in [9.17, 15) is 9.90 Å². The Balaban J connectivity index is 2.98. The van der Waals surface area contributed by atoms with Crippen LogP contribution in [0.1, 0.15) is 5.56 Å². The van der Waals surface area contributed by atoms with Gasteiger partial charge in [-0.2, -0.15) is 0 Å². The Morgan fingerprint density at radius 2 is 2.29 bits per heavy atom. The van der Waals surface area contributed by atoms with Gasteiger partial charge >= 0.3 is 0 Å². The van der Waals surface area contributed by atoms with Crippen molar-refractivity contribution in [1.82, 2.24) is 0 Å². The highest BCUT2D eigenvalue weighted by atomic mass is 16.3. The zero-order chi connectivity index (χ0) is 10.6. The fourth-order valence-electron chi connectivity index (χ4n) is 1.13. The molecule has 0 spiro atoms. The van der Waals surface area contributed by atoms with Crippen molar-refractivity contribution in [1.29, 1.82) is 0 Å². The van der Waals surface area contributed by atoms with E-state index in [0.29, 0.717) is 12.1 Å². The molecule has 4 N–H and O–H groups in total. The van der Waals surface area contributed by atoms with E-state index < -0.39 is 0 Å². The van der Waals surface area contributed by atoms with Crippen LogP contribution in [0.15, 0.2) is 18.2 Å². The number of nitrogens with two attached hydrogens (primary N) is 1. The van der Waals surface area contributed by atoms with Crippen LogP contribution in [0.3, 0.4) is 0 Å². The Kier molecular flexibility index (Phi) is 3.48. The summed E-state index contributed by atoms with van der Waals surface area (Å²) in [5.41, 5.74) is 6.34. The number of hydrogen-bond donors (Lipinski definition) is 3. The number of rotatable bonds is 3. The van der Waals surface area contributed by atoms with Gasteiger partial charge in [0.25, 0.3) is 0 Å². The second-order valence-electron chi connectivity index (χ2n) is 2.81. The lowest BCUT2D eigenvalue weighted by Gasteiger charge is -2.10. The number of phenolic OH excluding ortho intramolecular Hbond substituents is 1. The summed E-state index contributed by atoms with van der Waals surface area (Å²) >= 11 is 0. The molecule has 14 heavy (non-hydrogen) atoms. The molecule has 1 aromatic carbocycles. The molecule has 1 radical (unpaired) electrons. The Morgan fingerprint density at radius 1 is 1.57 bits per heavy atom. The lowest BCUT2D eigenvalue weighted by Crippen LogP contribution is -2.22. The van der Waals surface area contributed by atoms with Crippen LogP contribution in [-0.2, 0) is 11.2 Å². The normalized spacial score (nSPS) is 9.86. The van der Waals surface area contributed by atoms with E-state index in [4.69, 9.17) is 5.73 Å². The summed E-state index contributed by atoms with van der Waals surface area (Å²) in [7, 11) is 0. The summed E-state index contributed by atoms with van der Waals surface area (Å²) in [6, 6.07) is 5.00. The molecule has 1 amide bonds. The highest BCUT2D eigenvalue weighted by Crippen LogP contribution is 2.27. The quantitative estimate of drug-likeness (QED) is 0.617. The maximum absolute atomic E-state index is 11.0. The maximum atomic E-state index is 11.0. The molecule has 0 aliphatic carbocycles. The number of amides is 1. The molecule has 4 nitrogen and oxygen atoms in total. The Morgan fingerprint density at radius 3 is 2.86 bits per heavy atom. The largest absolute Gasteiger partial charge is 0.506 e. The summed E-state index contributed by atoms with van der Waals surface area (Å²) in [6.45, 7) is 3.59. The van der Waals surface area contributed by atoms with E-state index in [1.165, 1.54) is 6.07 Å². The molecule has 75 valence electrons. The highest BCUT2D eigenvalue weighted by Gasteiger charge is 2.08. The Labute approximate surface area is 82.7 Å². The second-order valence-corrected chi connectivity index (χ2v) is 2.81. The van der Waals surface area contributed by atoms with E-state index >= 15 is 0 Å². The first-order chi connectivity index (χ1) is 6.69. The van der Waals surface area contributed by atoms with Gasteiger partial charge in [-0.1, -0.05) is 12.1 Å². The third-order valence-electron chi connectivity index (χ3n) is 1.85. The third-order valence-corrected chi connectivity index (χ3v) is 1.85. The second kappa shape index (κ2) is 4.62. The van der Waals surface area contributed by atoms with Crippen LogP contribution in [0.2, 0.25) is 0 Å². The first-order valence-corrected chi connectivity index (χ1v) is 4.29. The van der Waals surface area contributed by atoms with E-state index in [1.807, 2.05) is 0 Å². The molecule has 0 aromatic heterocycles. The first kappa shape index (κ1) is 10.5. The van der Waals surface area contributed by atoms with Gasteiger partial charge in [0.15, 0.2) is 0 Å². The van der Waals surface area contributed by atoms with Crippen LogP contribution in [0, 0.1) is 6.92 Å². The molecule has 1 rings (SSSR count). The minimum Gasteiger partial charge on any atom is -0.506 e. The maximum Gasteiger partial charge on any atom is 0.238 e. The smallest absolute Gasteiger partial charge is 0.238 e. The summed E-state index contributed by atoms with van der Waals surface area (Å²) in [6.07, 6.45) is 0.495. The number of carbonyl (C=O) groups excluding carboxylic acids is 1. The zero-order valence-corrected chi connectivity index (χ0v) is 7.79.